The Labute approximate surface area is 138 Å². The smallest absolute Gasteiger partial charge is 0.338 e. The van der Waals surface area contributed by atoms with Crippen LogP contribution in [0.3, 0.4) is 0 Å². The zero-order valence-corrected chi connectivity index (χ0v) is 13.3. The molecule has 2 heterocycles. The number of piperidine rings is 1. The molecular formula is C17H17N3O4. The summed E-state index contributed by atoms with van der Waals surface area (Å²) in [4.78, 5) is 29.6. The predicted octanol–water partition coefficient (Wildman–Crippen LogP) is 2.92. The van der Waals surface area contributed by atoms with Gasteiger partial charge in [0.15, 0.2) is 0 Å². The Balaban J connectivity index is 1.86. The maximum atomic E-state index is 12.2. The highest BCUT2D eigenvalue weighted by atomic mass is 16.6. The second kappa shape index (κ2) is 5.43. The Hall–Kier alpha value is -2.70. The van der Waals surface area contributed by atoms with E-state index in [0.29, 0.717) is 28.4 Å². The van der Waals surface area contributed by atoms with E-state index in [9.17, 15) is 14.9 Å². The maximum Gasteiger partial charge on any atom is 0.338 e. The van der Waals surface area contributed by atoms with Crippen molar-refractivity contribution in [1.29, 1.82) is 0 Å². The highest BCUT2D eigenvalue weighted by Crippen LogP contribution is 2.40. The molecule has 0 amide bonds. The molecule has 2 atom stereocenters. The van der Waals surface area contributed by atoms with E-state index in [4.69, 9.17) is 4.74 Å². The summed E-state index contributed by atoms with van der Waals surface area (Å²) in [6.07, 6.45) is 3.58. The number of hydrogen-bond acceptors (Lipinski definition) is 6. The molecule has 2 aliphatic rings. The lowest BCUT2D eigenvalue weighted by atomic mass is 10.1. The number of anilines is 1. The van der Waals surface area contributed by atoms with Crippen molar-refractivity contribution in [3.8, 4) is 0 Å². The molecule has 124 valence electrons. The third kappa shape index (κ3) is 2.28. The molecule has 1 aromatic carbocycles. The van der Waals surface area contributed by atoms with Crippen molar-refractivity contribution in [2.24, 2.45) is 5.92 Å². The number of nitro benzene ring substituents is 1. The van der Waals surface area contributed by atoms with Crippen molar-refractivity contribution in [3.63, 3.8) is 0 Å². The Kier molecular flexibility index (Phi) is 3.37. The predicted molar refractivity (Wildman–Crippen MR) is 88.2 cm³/mol. The van der Waals surface area contributed by atoms with E-state index in [1.807, 2.05) is 0 Å². The van der Waals surface area contributed by atoms with E-state index in [2.05, 4.69) is 9.88 Å². The van der Waals surface area contributed by atoms with E-state index in [1.54, 1.807) is 12.1 Å². The fourth-order valence-corrected chi connectivity index (χ4v) is 3.94. The Morgan fingerprint density at radius 3 is 2.83 bits per heavy atom. The molecule has 0 radical (unpaired) electrons. The van der Waals surface area contributed by atoms with Gasteiger partial charge in [-0.05, 0) is 37.3 Å². The quantitative estimate of drug-likeness (QED) is 0.489. The van der Waals surface area contributed by atoms with E-state index < -0.39 is 10.9 Å². The fraction of sp³-hybridized carbons (Fsp3) is 0.412. The first kappa shape index (κ1) is 14.9. The number of nitro groups is 1. The lowest BCUT2D eigenvalue weighted by Gasteiger charge is -2.28. The highest BCUT2D eigenvalue weighted by molar-refractivity contribution is 6.05. The average Bonchev–Trinajstić information content (AvgIpc) is 3.22. The number of esters is 1. The molecule has 1 saturated carbocycles. The second-order valence-corrected chi connectivity index (χ2v) is 6.46. The van der Waals surface area contributed by atoms with Gasteiger partial charge in [0.25, 0.3) is 5.69 Å². The average molecular weight is 327 g/mol. The van der Waals surface area contributed by atoms with Crippen LogP contribution in [0.15, 0.2) is 24.3 Å². The summed E-state index contributed by atoms with van der Waals surface area (Å²) >= 11 is 0. The van der Waals surface area contributed by atoms with Gasteiger partial charge in [0.05, 0.1) is 23.1 Å². The van der Waals surface area contributed by atoms with Gasteiger partial charge in [-0.3, -0.25) is 10.1 Å². The van der Waals surface area contributed by atoms with Gasteiger partial charge in [0.1, 0.15) is 5.82 Å². The minimum atomic E-state index is -0.506. The van der Waals surface area contributed by atoms with E-state index >= 15 is 0 Å². The number of carbonyl (C=O) groups is 1. The van der Waals surface area contributed by atoms with Gasteiger partial charge in [-0.2, -0.15) is 0 Å². The first-order valence-corrected chi connectivity index (χ1v) is 8.01. The first-order valence-electron chi connectivity index (χ1n) is 8.01. The Morgan fingerprint density at radius 2 is 2.21 bits per heavy atom. The van der Waals surface area contributed by atoms with E-state index in [0.717, 1.165) is 18.8 Å². The van der Waals surface area contributed by atoms with Gasteiger partial charge < -0.3 is 9.64 Å². The first-order chi connectivity index (χ1) is 11.6. The van der Waals surface area contributed by atoms with Crippen molar-refractivity contribution in [2.45, 2.75) is 25.3 Å². The molecular weight excluding hydrogens is 310 g/mol. The summed E-state index contributed by atoms with van der Waals surface area (Å²) in [5.41, 5.74) is 0.827. The molecule has 7 nitrogen and oxygen atoms in total. The minimum absolute atomic E-state index is 0.0672. The molecule has 2 bridgehead atoms. The van der Waals surface area contributed by atoms with Gasteiger partial charge in [-0.15, -0.1) is 0 Å². The zero-order chi connectivity index (χ0) is 16.8. The lowest BCUT2D eigenvalue weighted by Crippen LogP contribution is -2.32. The van der Waals surface area contributed by atoms with Crippen LogP contribution in [-0.2, 0) is 4.74 Å². The number of non-ortho nitro benzene ring substituents is 1. The number of pyridine rings is 1. The van der Waals surface area contributed by atoms with E-state index in [-0.39, 0.29) is 5.69 Å². The van der Waals surface area contributed by atoms with Crippen LogP contribution in [0.2, 0.25) is 0 Å². The van der Waals surface area contributed by atoms with E-state index in [1.165, 1.54) is 32.1 Å². The number of benzene rings is 1. The molecule has 1 aromatic heterocycles. The summed E-state index contributed by atoms with van der Waals surface area (Å²) < 4.78 is 4.87. The molecule has 7 heteroatoms. The largest absolute Gasteiger partial charge is 0.465 e. The molecule has 24 heavy (non-hydrogen) atoms. The minimum Gasteiger partial charge on any atom is -0.465 e. The van der Waals surface area contributed by atoms with Crippen molar-refractivity contribution in [2.75, 3.05) is 18.6 Å². The number of ether oxygens (including phenoxy) is 1. The van der Waals surface area contributed by atoms with Gasteiger partial charge in [0.2, 0.25) is 0 Å². The number of nitrogens with zero attached hydrogens (tertiary/aromatic N) is 3. The molecule has 2 aromatic rings. The second-order valence-electron chi connectivity index (χ2n) is 6.46. The lowest BCUT2D eigenvalue weighted by molar-refractivity contribution is -0.384. The Morgan fingerprint density at radius 1 is 1.38 bits per heavy atom. The van der Waals surface area contributed by atoms with Crippen LogP contribution in [0.5, 0.6) is 0 Å². The monoisotopic (exact) mass is 327 g/mol. The van der Waals surface area contributed by atoms with Crippen LogP contribution in [0.1, 0.15) is 29.6 Å². The van der Waals surface area contributed by atoms with Crippen LogP contribution in [0.4, 0.5) is 11.5 Å². The number of rotatable bonds is 3. The van der Waals surface area contributed by atoms with Crippen LogP contribution in [-0.4, -0.2) is 35.6 Å². The standard InChI is InChI=1S/C17H17N3O4/c1-24-17(21)14-8-16(19-9-10-2-3-11(19)6-10)18-15-5-4-12(20(22)23)7-13(14)15/h4-5,7-8,10-11H,2-3,6,9H2,1H3. The Bertz CT molecular complexity index is 851. The van der Waals surface area contributed by atoms with Crippen molar-refractivity contribution >= 4 is 28.4 Å². The maximum absolute atomic E-state index is 12.2. The summed E-state index contributed by atoms with van der Waals surface area (Å²) in [5.74, 6) is 0.948. The zero-order valence-electron chi connectivity index (χ0n) is 13.3. The summed E-state index contributed by atoms with van der Waals surface area (Å²) in [5, 5.41) is 11.5. The number of methoxy groups -OCH3 is 1. The van der Waals surface area contributed by atoms with Gasteiger partial charge in [-0.1, -0.05) is 0 Å². The van der Waals surface area contributed by atoms with Crippen LogP contribution in [0, 0.1) is 16.0 Å². The van der Waals surface area contributed by atoms with Gasteiger partial charge in [-0.25, -0.2) is 9.78 Å². The van der Waals surface area contributed by atoms with Crippen molar-refractivity contribution < 1.29 is 14.5 Å². The summed E-state index contributed by atoms with van der Waals surface area (Å²) in [6.45, 7) is 0.955. The molecule has 2 fully saturated rings. The van der Waals surface area contributed by atoms with Gasteiger partial charge in [0, 0.05) is 30.1 Å². The van der Waals surface area contributed by atoms with Gasteiger partial charge >= 0.3 is 5.97 Å². The molecule has 1 aliphatic heterocycles. The van der Waals surface area contributed by atoms with Crippen molar-refractivity contribution in [3.05, 3.63) is 39.9 Å². The van der Waals surface area contributed by atoms with Crippen LogP contribution in [0.25, 0.3) is 10.9 Å². The third-order valence-corrected chi connectivity index (χ3v) is 5.10. The molecule has 0 spiro atoms. The summed E-state index contributed by atoms with van der Waals surface area (Å²) in [7, 11) is 1.31. The SMILES string of the molecule is COC(=O)c1cc(N2CC3CCC2C3)nc2ccc([N+](=O)[O-])cc12. The highest BCUT2D eigenvalue weighted by Gasteiger charge is 2.38. The third-order valence-electron chi connectivity index (χ3n) is 5.10. The molecule has 1 saturated heterocycles. The molecule has 2 unspecified atom stereocenters. The van der Waals surface area contributed by atoms with Crippen LogP contribution >= 0.6 is 0 Å². The van der Waals surface area contributed by atoms with Crippen molar-refractivity contribution in [1.82, 2.24) is 4.98 Å². The molecule has 0 N–H and O–H groups in total. The number of aromatic nitrogens is 1. The number of fused-ring (bicyclic) bond motifs is 3. The fourth-order valence-electron chi connectivity index (χ4n) is 3.94. The topological polar surface area (TPSA) is 85.6 Å². The molecule has 4 rings (SSSR count). The van der Waals surface area contributed by atoms with Crippen LogP contribution < -0.4 is 4.90 Å². The molecule has 1 aliphatic carbocycles. The number of hydrogen-bond donors (Lipinski definition) is 0. The summed E-state index contributed by atoms with van der Waals surface area (Å²) in [6, 6.07) is 6.57. The number of carbonyl (C=O) groups excluding carboxylic acids is 1. The normalized spacial score (nSPS) is 22.1.